The van der Waals surface area contributed by atoms with Crippen molar-refractivity contribution in [1.82, 2.24) is 0 Å². The second-order valence-electron chi connectivity index (χ2n) is 6.52. The van der Waals surface area contributed by atoms with Gasteiger partial charge in [0.2, 0.25) is 11.8 Å². The zero-order valence-electron chi connectivity index (χ0n) is 14.1. The molecule has 2 amide bonds. The lowest BCUT2D eigenvalue weighted by Gasteiger charge is -2.24. The number of fused-ring (bicyclic) bond motifs is 2. The Kier molecular flexibility index (Phi) is 4.47. The minimum absolute atomic E-state index is 0.0439. The number of anilines is 2. The van der Waals surface area contributed by atoms with Crippen LogP contribution >= 0.6 is 11.6 Å². The molecular formula is C20H18ClN3O2. The van der Waals surface area contributed by atoms with Crippen molar-refractivity contribution in [3.63, 3.8) is 0 Å². The fourth-order valence-corrected chi connectivity index (χ4v) is 3.64. The zero-order valence-corrected chi connectivity index (χ0v) is 14.9. The van der Waals surface area contributed by atoms with Gasteiger partial charge >= 0.3 is 0 Å². The van der Waals surface area contributed by atoms with E-state index >= 15 is 0 Å². The van der Waals surface area contributed by atoms with Crippen LogP contribution in [-0.4, -0.2) is 24.1 Å². The van der Waals surface area contributed by atoms with Gasteiger partial charge in [-0.1, -0.05) is 23.7 Å². The highest BCUT2D eigenvalue weighted by Gasteiger charge is 2.36. The summed E-state index contributed by atoms with van der Waals surface area (Å²) in [4.78, 5) is 31.9. The van der Waals surface area contributed by atoms with Crippen molar-refractivity contribution in [3.05, 3.63) is 53.6 Å². The van der Waals surface area contributed by atoms with Gasteiger partial charge in [0.25, 0.3) is 0 Å². The molecule has 4 rings (SSSR count). The highest BCUT2D eigenvalue weighted by molar-refractivity contribution is 6.30. The summed E-state index contributed by atoms with van der Waals surface area (Å²) < 4.78 is 0. The molecule has 132 valence electrons. The van der Waals surface area contributed by atoms with Gasteiger partial charge in [-0.15, -0.1) is 0 Å². The summed E-state index contributed by atoms with van der Waals surface area (Å²) in [6.07, 6.45) is 2.60. The van der Waals surface area contributed by atoms with Crippen molar-refractivity contribution in [2.24, 2.45) is 10.9 Å². The lowest BCUT2D eigenvalue weighted by Crippen LogP contribution is -2.41. The summed E-state index contributed by atoms with van der Waals surface area (Å²) in [5.74, 6) is -0.514. The number of nitrogens with zero attached hydrogens (tertiary/aromatic N) is 2. The van der Waals surface area contributed by atoms with Gasteiger partial charge in [-0.25, -0.2) is 0 Å². The molecule has 5 nitrogen and oxygen atoms in total. The third kappa shape index (κ3) is 3.22. The van der Waals surface area contributed by atoms with Gasteiger partial charge in [-0.2, -0.15) is 0 Å². The first-order valence-corrected chi connectivity index (χ1v) is 9.03. The molecule has 1 aliphatic carbocycles. The smallest absolute Gasteiger partial charge is 0.244 e. The van der Waals surface area contributed by atoms with Crippen molar-refractivity contribution in [1.29, 1.82) is 0 Å². The van der Waals surface area contributed by atoms with Crippen LogP contribution < -0.4 is 10.2 Å². The average molecular weight is 368 g/mol. The van der Waals surface area contributed by atoms with Crippen molar-refractivity contribution in [2.45, 2.75) is 19.3 Å². The van der Waals surface area contributed by atoms with Crippen molar-refractivity contribution >= 4 is 46.2 Å². The first-order valence-electron chi connectivity index (χ1n) is 8.65. The molecule has 1 heterocycles. The van der Waals surface area contributed by atoms with E-state index in [4.69, 9.17) is 16.6 Å². The molecule has 2 aliphatic rings. The Morgan fingerprint density at radius 3 is 2.77 bits per heavy atom. The van der Waals surface area contributed by atoms with Crippen LogP contribution in [0.25, 0.3) is 0 Å². The number of benzene rings is 2. The zero-order chi connectivity index (χ0) is 18.1. The number of aliphatic imine (C=N–C) groups is 1. The predicted molar refractivity (Wildman–Crippen MR) is 103 cm³/mol. The van der Waals surface area contributed by atoms with Crippen molar-refractivity contribution in [3.8, 4) is 0 Å². The van der Waals surface area contributed by atoms with E-state index in [1.54, 1.807) is 29.2 Å². The molecule has 1 fully saturated rings. The van der Waals surface area contributed by atoms with Gasteiger partial charge in [0.1, 0.15) is 6.54 Å². The van der Waals surface area contributed by atoms with Crippen LogP contribution in [0.5, 0.6) is 0 Å². The molecule has 1 N–H and O–H groups in total. The number of amides is 2. The summed E-state index contributed by atoms with van der Waals surface area (Å²) in [5.41, 5.74) is 3.01. The fourth-order valence-electron chi connectivity index (χ4n) is 3.52. The average Bonchev–Trinajstić information content (AvgIpc) is 3.06. The van der Waals surface area contributed by atoms with Gasteiger partial charge < -0.3 is 10.2 Å². The van der Waals surface area contributed by atoms with E-state index < -0.39 is 0 Å². The molecule has 0 bridgehead atoms. The topological polar surface area (TPSA) is 61.8 Å². The summed E-state index contributed by atoms with van der Waals surface area (Å²) >= 11 is 5.87. The minimum atomic E-state index is -0.253. The summed E-state index contributed by atoms with van der Waals surface area (Å²) in [7, 11) is 0. The number of para-hydroxylation sites is 2. The van der Waals surface area contributed by atoms with Crippen LogP contribution in [0.4, 0.5) is 17.1 Å². The molecular weight excluding hydrogens is 350 g/mol. The van der Waals surface area contributed by atoms with E-state index in [1.165, 1.54) is 0 Å². The maximum atomic E-state index is 13.1. The number of nitrogens with one attached hydrogen (secondary N) is 1. The van der Waals surface area contributed by atoms with E-state index in [-0.39, 0.29) is 24.3 Å². The fraction of sp³-hybridized carbons (Fsp3) is 0.250. The Morgan fingerprint density at radius 1 is 1.19 bits per heavy atom. The Bertz CT molecular complexity index is 892. The van der Waals surface area contributed by atoms with Crippen LogP contribution in [0.15, 0.2) is 53.5 Å². The van der Waals surface area contributed by atoms with Gasteiger partial charge in [0.15, 0.2) is 0 Å². The van der Waals surface area contributed by atoms with Gasteiger partial charge in [0.05, 0.1) is 17.3 Å². The van der Waals surface area contributed by atoms with Crippen LogP contribution in [0, 0.1) is 5.92 Å². The number of hydrogen-bond acceptors (Lipinski definition) is 3. The quantitative estimate of drug-likeness (QED) is 0.883. The molecule has 0 spiro atoms. The standard InChI is InChI=1S/C20H18ClN3O2/c21-13-8-10-14(11-9-13)22-19(25)12-24-18-7-2-1-5-17(18)23-16-6-3-4-15(16)20(24)26/h1-2,5,7-11,15H,3-4,6,12H2,(H,22,25). The highest BCUT2D eigenvalue weighted by atomic mass is 35.5. The number of carbonyl (C=O) groups is 2. The molecule has 2 aromatic carbocycles. The maximum Gasteiger partial charge on any atom is 0.244 e. The molecule has 1 saturated carbocycles. The van der Waals surface area contributed by atoms with Crippen LogP contribution in [0.1, 0.15) is 19.3 Å². The van der Waals surface area contributed by atoms with Crippen molar-refractivity contribution < 1.29 is 9.59 Å². The second-order valence-corrected chi connectivity index (χ2v) is 6.95. The molecule has 1 unspecified atom stereocenters. The van der Waals surface area contributed by atoms with E-state index in [0.29, 0.717) is 16.4 Å². The normalized spacial score (nSPS) is 18.7. The third-order valence-corrected chi connectivity index (χ3v) is 5.01. The second kappa shape index (κ2) is 6.92. The largest absolute Gasteiger partial charge is 0.325 e. The monoisotopic (exact) mass is 367 g/mol. The van der Waals surface area contributed by atoms with Crippen LogP contribution in [0.2, 0.25) is 5.02 Å². The third-order valence-electron chi connectivity index (χ3n) is 4.76. The van der Waals surface area contributed by atoms with E-state index in [1.807, 2.05) is 24.3 Å². The summed E-state index contributed by atoms with van der Waals surface area (Å²) in [6, 6.07) is 14.4. The molecule has 6 heteroatoms. The maximum absolute atomic E-state index is 13.1. The van der Waals surface area contributed by atoms with Crippen LogP contribution in [0.3, 0.4) is 0 Å². The number of carbonyl (C=O) groups excluding carboxylic acids is 2. The summed E-state index contributed by atoms with van der Waals surface area (Å²) in [5, 5.41) is 3.42. The van der Waals surface area contributed by atoms with Crippen LogP contribution in [-0.2, 0) is 9.59 Å². The molecule has 0 aromatic heterocycles. The lowest BCUT2D eigenvalue weighted by molar-refractivity contribution is -0.122. The molecule has 1 atom stereocenters. The predicted octanol–water partition coefficient (Wildman–Crippen LogP) is 4.20. The Labute approximate surface area is 156 Å². The number of hydrogen-bond donors (Lipinski definition) is 1. The van der Waals surface area contributed by atoms with Gasteiger partial charge in [-0.05, 0) is 55.7 Å². The lowest BCUT2D eigenvalue weighted by atomic mass is 10.1. The van der Waals surface area contributed by atoms with E-state index in [2.05, 4.69) is 5.32 Å². The Morgan fingerprint density at radius 2 is 1.96 bits per heavy atom. The van der Waals surface area contributed by atoms with E-state index in [9.17, 15) is 9.59 Å². The van der Waals surface area contributed by atoms with E-state index in [0.717, 1.165) is 30.7 Å². The van der Waals surface area contributed by atoms with Crippen molar-refractivity contribution in [2.75, 3.05) is 16.8 Å². The molecule has 26 heavy (non-hydrogen) atoms. The molecule has 0 saturated heterocycles. The van der Waals surface area contributed by atoms with Gasteiger partial charge in [-0.3, -0.25) is 14.6 Å². The minimum Gasteiger partial charge on any atom is -0.325 e. The SMILES string of the molecule is O=C(CN1C(=O)C2CCCC2=Nc2ccccc21)Nc1ccc(Cl)cc1. The number of halogens is 1. The highest BCUT2D eigenvalue weighted by Crippen LogP contribution is 2.37. The molecule has 2 aromatic rings. The first kappa shape index (κ1) is 16.8. The number of rotatable bonds is 3. The first-order chi connectivity index (χ1) is 12.6. The summed E-state index contributed by atoms with van der Waals surface area (Å²) in [6.45, 7) is -0.0439. The molecule has 1 aliphatic heterocycles. The Hall–Kier alpha value is -2.66. The van der Waals surface area contributed by atoms with Gasteiger partial charge in [0, 0.05) is 16.4 Å². The molecule has 0 radical (unpaired) electrons. The Balaban J connectivity index is 1.59.